The number of hydrogen-bond donors (Lipinski definition) is 2. The molecule has 1 aliphatic rings. The van der Waals surface area contributed by atoms with Gasteiger partial charge in [-0.05, 0) is 43.4 Å². The Hall–Kier alpha value is -2.24. The first-order valence-corrected chi connectivity index (χ1v) is 10.0. The summed E-state index contributed by atoms with van der Waals surface area (Å²) in [6.07, 6.45) is 4.80. The molecule has 3 rings (SSSR count). The lowest BCUT2D eigenvalue weighted by molar-refractivity contribution is -0.125. The van der Waals surface area contributed by atoms with Gasteiger partial charge >= 0.3 is 0 Å². The lowest BCUT2D eigenvalue weighted by Gasteiger charge is -2.21. The molecular weight excluding hydrogens is 388 g/mol. The SMILES string of the molecule is COc1ccc(CNC(=O)C(C)C(N)c2ccccc2)c(OC2CCCC2)c1.Cl. The highest BCUT2D eigenvalue weighted by molar-refractivity contribution is 5.85. The van der Waals surface area contributed by atoms with Crippen molar-refractivity contribution in [3.8, 4) is 11.5 Å². The molecule has 0 aliphatic heterocycles. The zero-order chi connectivity index (χ0) is 19.9. The third-order valence-electron chi connectivity index (χ3n) is 5.46. The zero-order valence-electron chi connectivity index (χ0n) is 17.1. The molecule has 2 aromatic rings. The van der Waals surface area contributed by atoms with E-state index in [0.29, 0.717) is 6.54 Å². The molecule has 0 bridgehead atoms. The van der Waals surface area contributed by atoms with Crippen LogP contribution in [0, 0.1) is 5.92 Å². The standard InChI is InChI=1S/C23H30N2O3.ClH/c1-16(22(24)17-8-4-3-5-9-17)23(26)25-15-18-12-13-20(27-2)14-21(18)28-19-10-6-7-11-19;/h3-5,8-9,12-14,16,19,22H,6-7,10-11,15,24H2,1-2H3,(H,25,26);1H. The minimum Gasteiger partial charge on any atom is -0.497 e. The van der Waals surface area contributed by atoms with E-state index in [2.05, 4.69) is 5.32 Å². The number of ether oxygens (including phenoxy) is 2. The van der Waals surface area contributed by atoms with Crippen molar-refractivity contribution in [3.05, 3.63) is 59.7 Å². The summed E-state index contributed by atoms with van der Waals surface area (Å²) in [5, 5.41) is 3.01. The van der Waals surface area contributed by atoms with E-state index in [1.807, 2.05) is 55.5 Å². The molecule has 1 fully saturated rings. The van der Waals surface area contributed by atoms with Crippen LogP contribution in [0.15, 0.2) is 48.5 Å². The number of amides is 1. The van der Waals surface area contributed by atoms with E-state index >= 15 is 0 Å². The largest absolute Gasteiger partial charge is 0.497 e. The molecule has 1 saturated carbocycles. The molecular formula is C23H31ClN2O3. The van der Waals surface area contributed by atoms with Crippen molar-refractivity contribution in [2.75, 3.05) is 7.11 Å². The second kappa shape index (κ2) is 11.1. The van der Waals surface area contributed by atoms with Crippen LogP contribution in [0.25, 0.3) is 0 Å². The van der Waals surface area contributed by atoms with Crippen LogP contribution in [-0.2, 0) is 11.3 Å². The normalized spacial score (nSPS) is 15.8. The number of carbonyl (C=O) groups is 1. The number of carbonyl (C=O) groups excluding carboxylic acids is 1. The topological polar surface area (TPSA) is 73.6 Å². The van der Waals surface area contributed by atoms with Crippen molar-refractivity contribution in [1.29, 1.82) is 0 Å². The molecule has 2 aromatic carbocycles. The average Bonchev–Trinajstić information content (AvgIpc) is 3.25. The quantitative estimate of drug-likeness (QED) is 0.666. The van der Waals surface area contributed by atoms with Crippen LogP contribution in [0.4, 0.5) is 0 Å². The lowest BCUT2D eigenvalue weighted by Crippen LogP contribution is -2.35. The summed E-state index contributed by atoms with van der Waals surface area (Å²) in [7, 11) is 1.64. The van der Waals surface area contributed by atoms with Crippen molar-refractivity contribution in [2.45, 2.75) is 51.3 Å². The van der Waals surface area contributed by atoms with Gasteiger partial charge < -0.3 is 20.5 Å². The highest BCUT2D eigenvalue weighted by Gasteiger charge is 2.23. The summed E-state index contributed by atoms with van der Waals surface area (Å²) in [5.74, 6) is 1.13. The highest BCUT2D eigenvalue weighted by atomic mass is 35.5. The molecule has 1 aliphatic carbocycles. The van der Waals surface area contributed by atoms with Crippen LogP contribution < -0.4 is 20.5 Å². The Morgan fingerprint density at radius 1 is 1.17 bits per heavy atom. The molecule has 0 heterocycles. The summed E-state index contributed by atoms with van der Waals surface area (Å²) in [5.41, 5.74) is 8.19. The van der Waals surface area contributed by atoms with Crippen molar-refractivity contribution in [1.82, 2.24) is 5.32 Å². The van der Waals surface area contributed by atoms with Gasteiger partial charge in [-0.25, -0.2) is 0 Å². The highest BCUT2D eigenvalue weighted by Crippen LogP contribution is 2.30. The predicted octanol–water partition coefficient (Wildman–Crippen LogP) is 4.39. The molecule has 0 radical (unpaired) electrons. The van der Waals surface area contributed by atoms with E-state index in [0.717, 1.165) is 35.5 Å². The van der Waals surface area contributed by atoms with Gasteiger partial charge in [0, 0.05) is 24.2 Å². The van der Waals surface area contributed by atoms with Gasteiger partial charge in [-0.15, -0.1) is 12.4 Å². The number of hydrogen-bond acceptors (Lipinski definition) is 4. The molecule has 0 aromatic heterocycles. The molecule has 29 heavy (non-hydrogen) atoms. The Labute approximate surface area is 179 Å². The number of methoxy groups -OCH3 is 1. The third-order valence-corrected chi connectivity index (χ3v) is 5.46. The van der Waals surface area contributed by atoms with Gasteiger partial charge in [-0.3, -0.25) is 4.79 Å². The molecule has 3 N–H and O–H groups in total. The van der Waals surface area contributed by atoms with E-state index in [1.54, 1.807) is 7.11 Å². The molecule has 158 valence electrons. The second-order valence-corrected chi connectivity index (χ2v) is 7.44. The Morgan fingerprint density at radius 3 is 2.52 bits per heavy atom. The van der Waals surface area contributed by atoms with Crippen LogP contribution in [0.1, 0.15) is 49.8 Å². The van der Waals surface area contributed by atoms with Crippen LogP contribution in [0.5, 0.6) is 11.5 Å². The van der Waals surface area contributed by atoms with E-state index in [4.69, 9.17) is 15.2 Å². The monoisotopic (exact) mass is 418 g/mol. The van der Waals surface area contributed by atoms with Gasteiger partial charge in [0.2, 0.25) is 5.91 Å². The molecule has 2 unspecified atom stereocenters. The molecule has 1 amide bonds. The van der Waals surface area contributed by atoms with Crippen molar-refractivity contribution in [3.63, 3.8) is 0 Å². The van der Waals surface area contributed by atoms with E-state index < -0.39 is 0 Å². The first-order chi connectivity index (χ1) is 13.6. The minimum atomic E-state index is -0.341. The fourth-order valence-corrected chi connectivity index (χ4v) is 3.57. The predicted molar refractivity (Wildman–Crippen MR) is 118 cm³/mol. The zero-order valence-corrected chi connectivity index (χ0v) is 17.9. The minimum absolute atomic E-state index is 0. The van der Waals surface area contributed by atoms with Crippen LogP contribution in [-0.4, -0.2) is 19.1 Å². The van der Waals surface area contributed by atoms with Crippen molar-refractivity contribution >= 4 is 18.3 Å². The first-order valence-electron chi connectivity index (χ1n) is 10.0. The van der Waals surface area contributed by atoms with Gasteiger partial charge in [-0.2, -0.15) is 0 Å². The van der Waals surface area contributed by atoms with E-state index in [-0.39, 0.29) is 36.4 Å². The third kappa shape index (κ3) is 6.12. The fourth-order valence-electron chi connectivity index (χ4n) is 3.57. The number of nitrogens with one attached hydrogen (secondary N) is 1. The Balaban J connectivity index is 0.00000300. The molecule has 0 spiro atoms. The fraction of sp³-hybridized carbons (Fsp3) is 0.435. The molecule has 5 nitrogen and oxygen atoms in total. The van der Waals surface area contributed by atoms with E-state index in [1.165, 1.54) is 12.8 Å². The van der Waals surface area contributed by atoms with Crippen molar-refractivity contribution < 1.29 is 14.3 Å². The van der Waals surface area contributed by atoms with Crippen LogP contribution in [0.2, 0.25) is 0 Å². The lowest BCUT2D eigenvalue weighted by atomic mass is 9.94. The molecule has 0 saturated heterocycles. The summed E-state index contributed by atoms with van der Waals surface area (Å²) in [4.78, 5) is 12.7. The first kappa shape index (κ1) is 23.0. The Morgan fingerprint density at radius 2 is 1.86 bits per heavy atom. The van der Waals surface area contributed by atoms with Crippen molar-refractivity contribution in [2.24, 2.45) is 11.7 Å². The smallest absolute Gasteiger partial charge is 0.225 e. The second-order valence-electron chi connectivity index (χ2n) is 7.44. The average molecular weight is 419 g/mol. The Bertz CT molecular complexity index is 779. The Kier molecular flexibility index (Phi) is 8.80. The number of benzene rings is 2. The van der Waals surface area contributed by atoms with Crippen LogP contribution >= 0.6 is 12.4 Å². The summed E-state index contributed by atoms with van der Waals surface area (Å²) in [6.45, 7) is 2.26. The summed E-state index contributed by atoms with van der Waals surface area (Å²) >= 11 is 0. The number of rotatable bonds is 8. The van der Waals surface area contributed by atoms with Crippen LogP contribution in [0.3, 0.4) is 0 Å². The van der Waals surface area contributed by atoms with E-state index in [9.17, 15) is 4.79 Å². The van der Waals surface area contributed by atoms with Gasteiger partial charge in [-0.1, -0.05) is 37.3 Å². The maximum atomic E-state index is 12.7. The van der Waals surface area contributed by atoms with Gasteiger partial charge in [0.15, 0.2) is 0 Å². The van der Waals surface area contributed by atoms with Gasteiger partial charge in [0.1, 0.15) is 11.5 Å². The van der Waals surface area contributed by atoms with Gasteiger partial charge in [0.05, 0.1) is 19.1 Å². The molecule has 6 heteroatoms. The van der Waals surface area contributed by atoms with Gasteiger partial charge in [0.25, 0.3) is 0 Å². The number of halogens is 1. The summed E-state index contributed by atoms with van der Waals surface area (Å²) in [6, 6.07) is 15.1. The number of nitrogens with two attached hydrogens (primary N) is 1. The summed E-state index contributed by atoms with van der Waals surface area (Å²) < 4.78 is 11.5. The maximum absolute atomic E-state index is 12.7. The maximum Gasteiger partial charge on any atom is 0.225 e. The molecule has 2 atom stereocenters.